The summed E-state index contributed by atoms with van der Waals surface area (Å²) in [5.74, 6) is -0.182. The van der Waals surface area contributed by atoms with Gasteiger partial charge in [0.1, 0.15) is 24.4 Å². The maximum Gasteiger partial charge on any atom is 0.220 e. The summed E-state index contributed by atoms with van der Waals surface area (Å²) in [6, 6.07) is -0.824. The number of carbonyl (C=O) groups excluding carboxylic acids is 1. The summed E-state index contributed by atoms with van der Waals surface area (Å²) in [6.45, 7) is 3.68. The molecule has 0 spiro atoms. The second-order valence-electron chi connectivity index (χ2n) is 25.0. The third kappa shape index (κ3) is 53.0. The fraction of sp³-hybridized carbons (Fsp3) is 0.803. The number of ether oxygens (including phenoxy) is 2. The minimum absolute atomic E-state index is 0.182. The second kappa shape index (κ2) is 64.4. The third-order valence-electron chi connectivity index (χ3n) is 17.0. The van der Waals surface area contributed by atoms with Crippen molar-refractivity contribution in [1.29, 1.82) is 0 Å². The molecule has 0 aromatic rings. The molecule has 0 aromatic carbocycles. The van der Waals surface area contributed by atoms with Crippen molar-refractivity contribution in [1.82, 2.24) is 5.32 Å². The Bertz CT molecular complexity index is 1620. The largest absolute Gasteiger partial charge is 0.394 e. The van der Waals surface area contributed by atoms with E-state index in [1.54, 1.807) is 6.08 Å². The lowest BCUT2D eigenvalue weighted by Crippen LogP contribution is -2.60. The van der Waals surface area contributed by atoms with Crippen LogP contribution in [0.2, 0.25) is 0 Å². The summed E-state index contributed by atoms with van der Waals surface area (Å²) in [6.07, 6.45) is 85.7. The zero-order valence-corrected chi connectivity index (χ0v) is 55.4. The maximum absolute atomic E-state index is 13.1. The van der Waals surface area contributed by atoms with Crippen molar-refractivity contribution in [2.24, 2.45) is 0 Å². The molecule has 1 rings (SSSR count). The lowest BCUT2D eigenvalue weighted by atomic mass is 9.99. The first kappa shape index (κ1) is 80.4. The van der Waals surface area contributed by atoms with E-state index in [-0.39, 0.29) is 12.5 Å². The molecule has 1 fully saturated rings. The topological polar surface area (TPSA) is 149 Å². The van der Waals surface area contributed by atoms with Gasteiger partial charge in [-0.15, -0.1) is 0 Å². The van der Waals surface area contributed by atoms with Crippen molar-refractivity contribution in [3.63, 3.8) is 0 Å². The van der Waals surface area contributed by atoms with E-state index >= 15 is 0 Å². The van der Waals surface area contributed by atoms with Crippen LogP contribution in [0.1, 0.15) is 335 Å². The van der Waals surface area contributed by atoms with E-state index < -0.39 is 49.5 Å². The predicted molar refractivity (Wildman–Crippen MR) is 364 cm³/mol. The number of hydrogen-bond acceptors (Lipinski definition) is 8. The Balaban J connectivity index is 2.06. The van der Waals surface area contributed by atoms with Crippen LogP contribution in [-0.4, -0.2) is 87.5 Å². The van der Waals surface area contributed by atoms with Crippen molar-refractivity contribution in [2.75, 3.05) is 13.2 Å². The molecule has 9 nitrogen and oxygen atoms in total. The Morgan fingerprint density at radius 3 is 1.13 bits per heavy atom. The average Bonchev–Trinajstić information content (AvgIpc) is 3.68. The van der Waals surface area contributed by atoms with Gasteiger partial charge in [-0.1, -0.05) is 336 Å². The van der Waals surface area contributed by atoms with Gasteiger partial charge < -0.3 is 40.3 Å². The molecule has 1 aliphatic heterocycles. The summed E-state index contributed by atoms with van der Waals surface area (Å²) in [7, 11) is 0. The highest BCUT2D eigenvalue weighted by Gasteiger charge is 2.44. The Hall–Kier alpha value is -2.63. The van der Waals surface area contributed by atoms with E-state index in [1.807, 2.05) is 6.08 Å². The number of carbonyl (C=O) groups is 1. The summed E-state index contributed by atoms with van der Waals surface area (Å²) < 4.78 is 11.3. The van der Waals surface area contributed by atoms with Gasteiger partial charge in [-0.3, -0.25) is 4.79 Å². The molecule has 1 heterocycles. The Morgan fingerprint density at radius 1 is 0.412 bits per heavy atom. The van der Waals surface area contributed by atoms with Crippen LogP contribution in [-0.2, 0) is 14.3 Å². The van der Waals surface area contributed by atoms with E-state index in [4.69, 9.17) is 9.47 Å². The highest BCUT2D eigenvalue weighted by Crippen LogP contribution is 2.23. The van der Waals surface area contributed by atoms with Gasteiger partial charge in [-0.2, -0.15) is 0 Å². The Morgan fingerprint density at radius 2 is 0.741 bits per heavy atom. The SMILES string of the molecule is CC/C=C\C/C=C\C/C=C\C/C=C\C/C=C\CCCCCCCCCCCCCCCCCCCCCCCCCCCC(=O)NC(COC1OC(CO)C(O)C(O)C1O)C(O)/C=C/CC/C=C/CCCCCCCCCCCCCCCCC. The Kier molecular flexibility index (Phi) is 60.9. The van der Waals surface area contributed by atoms with Crippen molar-refractivity contribution in [3.8, 4) is 0 Å². The number of nitrogens with one attached hydrogen (secondary N) is 1. The van der Waals surface area contributed by atoms with E-state index in [0.717, 1.165) is 70.6 Å². The van der Waals surface area contributed by atoms with Gasteiger partial charge in [0.25, 0.3) is 0 Å². The van der Waals surface area contributed by atoms with Crippen molar-refractivity contribution in [2.45, 2.75) is 378 Å². The normalized spacial score (nSPS) is 18.6. The van der Waals surface area contributed by atoms with Crippen LogP contribution < -0.4 is 5.32 Å². The molecule has 85 heavy (non-hydrogen) atoms. The monoisotopic (exact) mass is 1190 g/mol. The van der Waals surface area contributed by atoms with Crippen molar-refractivity contribution < 1.29 is 39.8 Å². The van der Waals surface area contributed by atoms with Crippen LogP contribution in [0.3, 0.4) is 0 Å². The molecule has 1 saturated heterocycles. The summed E-state index contributed by atoms with van der Waals surface area (Å²) in [5, 5.41) is 54.7. The number of aliphatic hydroxyl groups excluding tert-OH is 5. The van der Waals surface area contributed by atoms with Gasteiger partial charge in [0.15, 0.2) is 6.29 Å². The number of hydrogen-bond donors (Lipinski definition) is 6. The molecule has 1 amide bonds. The first-order valence-corrected chi connectivity index (χ1v) is 36.3. The summed E-state index contributed by atoms with van der Waals surface area (Å²) in [4.78, 5) is 13.1. The zero-order chi connectivity index (χ0) is 61.4. The number of allylic oxidation sites excluding steroid dienone is 13. The maximum atomic E-state index is 13.1. The molecular weight excluding hydrogens is 1050 g/mol. The number of aliphatic hydroxyl groups is 5. The molecular formula is C76H137NO8. The first-order chi connectivity index (χ1) is 41.8. The van der Waals surface area contributed by atoms with E-state index in [2.05, 4.69) is 92.1 Å². The number of rotatable bonds is 63. The Labute approximate surface area is 524 Å². The number of unbranched alkanes of at least 4 members (excludes halogenated alkanes) is 41. The predicted octanol–water partition coefficient (Wildman–Crippen LogP) is 20.1. The molecule has 1 aliphatic rings. The van der Waals surface area contributed by atoms with Crippen LogP contribution in [0.15, 0.2) is 85.1 Å². The number of amides is 1. The molecule has 0 aliphatic carbocycles. The molecule has 0 saturated carbocycles. The van der Waals surface area contributed by atoms with E-state index in [0.29, 0.717) is 6.42 Å². The zero-order valence-electron chi connectivity index (χ0n) is 55.4. The average molecular weight is 1190 g/mol. The summed E-state index contributed by atoms with van der Waals surface area (Å²) in [5.41, 5.74) is 0. The van der Waals surface area contributed by atoms with Crippen LogP contribution in [0.5, 0.6) is 0 Å². The van der Waals surface area contributed by atoms with Crippen LogP contribution in [0, 0.1) is 0 Å². The van der Waals surface area contributed by atoms with Gasteiger partial charge in [0.2, 0.25) is 5.91 Å². The van der Waals surface area contributed by atoms with Crippen LogP contribution in [0.25, 0.3) is 0 Å². The molecule has 7 unspecified atom stereocenters. The van der Waals surface area contributed by atoms with Crippen molar-refractivity contribution >= 4 is 5.91 Å². The highest BCUT2D eigenvalue weighted by atomic mass is 16.7. The van der Waals surface area contributed by atoms with Crippen molar-refractivity contribution in [3.05, 3.63) is 85.1 Å². The fourth-order valence-electron chi connectivity index (χ4n) is 11.3. The van der Waals surface area contributed by atoms with E-state index in [1.165, 1.54) is 244 Å². The molecule has 494 valence electrons. The van der Waals surface area contributed by atoms with Crippen LogP contribution in [0.4, 0.5) is 0 Å². The first-order valence-electron chi connectivity index (χ1n) is 36.3. The molecule has 0 radical (unpaired) electrons. The third-order valence-corrected chi connectivity index (χ3v) is 17.0. The van der Waals surface area contributed by atoms with Gasteiger partial charge in [-0.05, 0) is 77.0 Å². The van der Waals surface area contributed by atoms with Gasteiger partial charge in [0, 0.05) is 6.42 Å². The van der Waals surface area contributed by atoms with Gasteiger partial charge in [-0.25, -0.2) is 0 Å². The van der Waals surface area contributed by atoms with E-state index in [9.17, 15) is 30.3 Å². The van der Waals surface area contributed by atoms with Gasteiger partial charge in [0.05, 0.1) is 25.4 Å². The molecule has 0 bridgehead atoms. The smallest absolute Gasteiger partial charge is 0.220 e. The quantitative estimate of drug-likeness (QED) is 0.0261. The molecule has 6 N–H and O–H groups in total. The lowest BCUT2D eigenvalue weighted by Gasteiger charge is -2.40. The minimum Gasteiger partial charge on any atom is -0.394 e. The second-order valence-corrected chi connectivity index (χ2v) is 25.0. The molecule has 9 heteroatoms. The van der Waals surface area contributed by atoms with Crippen LogP contribution >= 0.6 is 0 Å². The molecule has 0 aromatic heterocycles. The lowest BCUT2D eigenvalue weighted by molar-refractivity contribution is -0.302. The molecule has 7 atom stereocenters. The minimum atomic E-state index is -1.57. The standard InChI is InChI=1S/C76H137NO8/c1-3-5-7-9-11-13-15-17-19-21-23-25-26-27-28-29-30-31-32-33-34-35-36-37-38-39-40-41-42-43-44-46-48-50-52-54-56-58-60-62-64-66-72(80)77-69(68-84-76-75(83)74(82)73(81)71(67-78)85-76)70(79)65-63-61-59-57-55-53-51-49-47-45-24-22-20-18-16-14-12-10-8-6-4-2/h5,7,11,13,17,19,23,25,27-28,55,57,63,65,69-71,73-76,78-79,81-83H,3-4,6,8-10,12,14-16,18,20-22,24,26,29-54,56,58-62,64,66-68H2,1-2H3,(H,77,80)/b7-5-,13-11-,19-17-,25-23-,28-27-,57-55+,65-63+. The highest BCUT2D eigenvalue weighted by molar-refractivity contribution is 5.76. The fourth-order valence-corrected chi connectivity index (χ4v) is 11.3. The van der Waals surface area contributed by atoms with Gasteiger partial charge >= 0.3 is 0 Å². The summed E-state index contributed by atoms with van der Waals surface area (Å²) >= 11 is 0.